The minimum atomic E-state index is -1.03. The molecule has 0 bridgehead atoms. The van der Waals surface area contributed by atoms with E-state index in [2.05, 4.69) is 11.8 Å². The lowest BCUT2D eigenvalue weighted by atomic mass is 9.81. The average molecular weight is 558 g/mol. The molecule has 38 heavy (non-hydrogen) atoms. The number of Topliss-reactive ketones (excluding diaryl/α,β-unsaturated/α-hetero) is 1. The lowest BCUT2D eigenvalue weighted by Gasteiger charge is -2.27. The van der Waals surface area contributed by atoms with E-state index < -0.39 is 24.0 Å². The summed E-state index contributed by atoms with van der Waals surface area (Å²) >= 11 is 1.11. The van der Waals surface area contributed by atoms with Crippen LogP contribution in [0.4, 0.5) is 0 Å². The molecule has 1 fully saturated rings. The summed E-state index contributed by atoms with van der Waals surface area (Å²) in [6.07, 6.45) is 3.75. The van der Waals surface area contributed by atoms with Gasteiger partial charge in [-0.2, -0.15) is 0 Å². The highest BCUT2D eigenvalue weighted by molar-refractivity contribution is 8.01. The molecule has 0 saturated carbocycles. The first-order valence-electron chi connectivity index (χ1n) is 13.6. The zero-order valence-electron chi connectivity index (χ0n) is 24.2. The number of ether oxygens (including phenoxy) is 1. The Morgan fingerprint density at radius 1 is 1.21 bits per heavy atom. The van der Waals surface area contributed by atoms with Gasteiger partial charge in [0.15, 0.2) is 0 Å². The van der Waals surface area contributed by atoms with Gasteiger partial charge in [0, 0.05) is 54.1 Å². The first kappa shape index (κ1) is 34.8. The van der Waals surface area contributed by atoms with Gasteiger partial charge in [0.1, 0.15) is 12.1 Å². The second-order valence-electron chi connectivity index (χ2n) is 11.1. The molecule has 1 rings (SSSR count). The van der Waals surface area contributed by atoms with Crippen LogP contribution in [0.1, 0.15) is 73.6 Å². The summed E-state index contributed by atoms with van der Waals surface area (Å²) in [6.45, 7) is 11.9. The van der Waals surface area contributed by atoms with Crippen molar-refractivity contribution in [2.24, 2.45) is 28.6 Å². The summed E-state index contributed by atoms with van der Waals surface area (Å²) in [6, 6.07) is 0.237. The Morgan fingerprint density at radius 3 is 2.34 bits per heavy atom. The van der Waals surface area contributed by atoms with E-state index in [0.29, 0.717) is 18.5 Å². The van der Waals surface area contributed by atoms with Crippen molar-refractivity contribution in [1.82, 2.24) is 4.90 Å². The minimum Gasteiger partial charge on any atom is -0.401 e. The van der Waals surface area contributed by atoms with E-state index in [1.54, 1.807) is 21.0 Å². The topological polar surface area (TPSA) is 159 Å². The van der Waals surface area contributed by atoms with Crippen LogP contribution in [0, 0.1) is 17.8 Å². The Labute approximate surface area is 233 Å². The van der Waals surface area contributed by atoms with Gasteiger partial charge >= 0.3 is 0 Å². The number of aliphatic hydroxyl groups excluding tert-OH is 3. The first-order valence-corrected chi connectivity index (χ1v) is 14.4. The number of aliphatic hydroxyl groups is 3. The maximum atomic E-state index is 12.7. The lowest BCUT2D eigenvalue weighted by molar-refractivity contribution is -0.134. The summed E-state index contributed by atoms with van der Waals surface area (Å²) in [5, 5.41) is 36.2. The van der Waals surface area contributed by atoms with Crippen molar-refractivity contribution >= 4 is 24.0 Å². The van der Waals surface area contributed by atoms with Crippen molar-refractivity contribution in [2.75, 3.05) is 20.3 Å². The van der Waals surface area contributed by atoms with Crippen molar-refractivity contribution in [2.45, 2.75) is 104 Å². The Kier molecular flexibility index (Phi) is 14.7. The number of hydrogen-bond donors (Lipinski definition) is 5. The molecule has 0 aromatic rings. The molecule has 0 aliphatic carbocycles. The van der Waals surface area contributed by atoms with Crippen LogP contribution in [0.15, 0.2) is 22.3 Å². The molecule has 0 aromatic heterocycles. The van der Waals surface area contributed by atoms with Gasteiger partial charge in [-0.15, -0.1) is 0 Å². The second-order valence-corrected chi connectivity index (χ2v) is 11.8. The predicted octanol–water partition coefficient (Wildman–Crippen LogP) is 2.53. The maximum absolute atomic E-state index is 12.7. The summed E-state index contributed by atoms with van der Waals surface area (Å²) in [5.41, 5.74) is 7.53. The first-order chi connectivity index (χ1) is 17.8. The SMILES string of the molecule is COC(CC1N(CCO)[C@]1(C)CCC[C@H](C)C(O)[C@@H](C)C(=O)C(C)[C@@H](O)CC=O)/C(C)=C/C(SN)=C(\C)N. The molecule has 7 N–H and O–H groups in total. The predicted molar refractivity (Wildman–Crippen MR) is 153 cm³/mol. The molecule has 0 spiro atoms. The van der Waals surface area contributed by atoms with Gasteiger partial charge in [-0.05, 0) is 69.5 Å². The van der Waals surface area contributed by atoms with Crippen LogP contribution in [0.5, 0.6) is 0 Å². The van der Waals surface area contributed by atoms with E-state index in [9.17, 15) is 24.9 Å². The normalized spacial score (nSPS) is 27.1. The van der Waals surface area contributed by atoms with E-state index in [4.69, 9.17) is 15.6 Å². The number of nitrogens with zero attached hydrogens (tertiary/aromatic N) is 1. The molecule has 1 aliphatic heterocycles. The fraction of sp³-hybridized carbons (Fsp3) is 0.786. The van der Waals surface area contributed by atoms with Crippen molar-refractivity contribution in [3.05, 3.63) is 22.3 Å². The average Bonchev–Trinajstić information content (AvgIpc) is 3.43. The van der Waals surface area contributed by atoms with Crippen molar-refractivity contribution < 1.29 is 29.6 Å². The Bertz CT molecular complexity index is 833. The fourth-order valence-corrected chi connectivity index (χ4v) is 5.96. The molecule has 0 radical (unpaired) electrons. The molecule has 0 aromatic carbocycles. The van der Waals surface area contributed by atoms with E-state index >= 15 is 0 Å². The molecule has 1 heterocycles. The highest BCUT2D eigenvalue weighted by atomic mass is 32.2. The number of ketones is 1. The van der Waals surface area contributed by atoms with Crippen LogP contribution in [-0.2, 0) is 14.3 Å². The number of carbonyl (C=O) groups is 2. The lowest BCUT2D eigenvalue weighted by Crippen LogP contribution is -2.38. The molecule has 220 valence electrons. The van der Waals surface area contributed by atoms with E-state index in [1.165, 1.54) is 0 Å². The molecule has 5 unspecified atom stereocenters. The van der Waals surface area contributed by atoms with Crippen molar-refractivity contribution in [3.63, 3.8) is 0 Å². The highest BCUT2D eigenvalue weighted by Gasteiger charge is 2.58. The van der Waals surface area contributed by atoms with Gasteiger partial charge < -0.3 is 30.6 Å². The summed E-state index contributed by atoms with van der Waals surface area (Å²) < 4.78 is 5.81. The number of aldehydes is 1. The third-order valence-electron chi connectivity index (χ3n) is 8.38. The number of allylic oxidation sites excluding steroid dienone is 2. The maximum Gasteiger partial charge on any atom is 0.143 e. The highest BCUT2D eigenvalue weighted by Crippen LogP contribution is 2.48. The third kappa shape index (κ3) is 9.15. The number of methoxy groups -OCH3 is 1. The monoisotopic (exact) mass is 557 g/mol. The molecule has 1 aliphatic rings. The Balaban J connectivity index is 2.78. The van der Waals surface area contributed by atoms with Gasteiger partial charge in [-0.3, -0.25) is 14.8 Å². The van der Waals surface area contributed by atoms with E-state index in [0.717, 1.165) is 48.1 Å². The molecule has 9 nitrogen and oxygen atoms in total. The number of rotatable bonds is 19. The van der Waals surface area contributed by atoms with Crippen LogP contribution >= 0.6 is 11.9 Å². The van der Waals surface area contributed by atoms with Gasteiger partial charge in [-0.25, -0.2) is 0 Å². The zero-order chi connectivity index (χ0) is 29.2. The summed E-state index contributed by atoms with van der Waals surface area (Å²) in [5.74, 6) is -1.67. The quantitative estimate of drug-likeness (QED) is 0.0691. The van der Waals surface area contributed by atoms with Gasteiger partial charge in [0.05, 0.1) is 24.9 Å². The van der Waals surface area contributed by atoms with Crippen LogP contribution in [0.3, 0.4) is 0 Å². The van der Waals surface area contributed by atoms with Crippen LogP contribution in [0.2, 0.25) is 0 Å². The Hall–Kier alpha value is -1.27. The molecule has 0 amide bonds. The molecule has 1 saturated heterocycles. The summed E-state index contributed by atoms with van der Waals surface area (Å²) in [4.78, 5) is 26.5. The summed E-state index contributed by atoms with van der Waals surface area (Å²) in [7, 11) is 1.69. The van der Waals surface area contributed by atoms with Crippen LogP contribution < -0.4 is 10.9 Å². The number of carbonyl (C=O) groups excluding carboxylic acids is 2. The zero-order valence-corrected chi connectivity index (χ0v) is 25.0. The third-order valence-corrected chi connectivity index (χ3v) is 9.07. The molecular formula is C28H51N3O6S. The van der Waals surface area contributed by atoms with Crippen molar-refractivity contribution in [3.8, 4) is 0 Å². The van der Waals surface area contributed by atoms with Gasteiger partial charge in [0.2, 0.25) is 0 Å². The molecule has 9 atom stereocenters. The second kappa shape index (κ2) is 16.1. The number of β-amino-alcohol motifs (C(OH)–C–C–N with tert-alkyl or cyclic N) is 1. The fourth-order valence-electron chi connectivity index (χ4n) is 5.52. The van der Waals surface area contributed by atoms with Gasteiger partial charge in [0.25, 0.3) is 0 Å². The van der Waals surface area contributed by atoms with Crippen molar-refractivity contribution in [1.29, 1.82) is 0 Å². The minimum absolute atomic E-state index is 0.0739. The number of hydrogen-bond acceptors (Lipinski definition) is 10. The van der Waals surface area contributed by atoms with Crippen LogP contribution in [0.25, 0.3) is 0 Å². The van der Waals surface area contributed by atoms with E-state index in [-0.39, 0.29) is 42.4 Å². The standard InChI is InChI=1S/C28H51N3O6S/c1-17(26(35)20(4)27(36)19(3)22(34)10-13-32)9-8-11-28(6)25(31(28)12-14-33)16-23(37-7)18(2)15-24(38-30)21(5)29/h13,15,17,19-20,22-23,25-26,33-35H,8-12,14,16,29-30H2,1-7H3/b18-15+,24-21-/t17-,19?,20+,22-,23?,25?,26?,28+,31?/m0/s1. The Morgan fingerprint density at radius 2 is 1.84 bits per heavy atom. The largest absolute Gasteiger partial charge is 0.401 e. The molecular weight excluding hydrogens is 506 g/mol. The van der Waals surface area contributed by atoms with Crippen LogP contribution in [-0.4, -0.2) is 82.4 Å². The van der Waals surface area contributed by atoms with E-state index in [1.807, 2.05) is 26.8 Å². The van der Waals surface area contributed by atoms with Gasteiger partial charge in [-0.1, -0.05) is 27.2 Å². The smallest absolute Gasteiger partial charge is 0.143 e. The molecule has 10 heteroatoms. The number of nitrogens with two attached hydrogens (primary N) is 2.